The molecule has 0 aliphatic carbocycles. The van der Waals surface area contributed by atoms with E-state index < -0.39 is 5.97 Å². The number of hydrogen-bond donors (Lipinski definition) is 2. The molecule has 1 saturated heterocycles. The highest BCUT2D eigenvalue weighted by atomic mass is 35.5. The summed E-state index contributed by atoms with van der Waals surface area (Å²) in [6.45, 7) is 2.69. The summed E-state index contributed by atoms with van der Waals surface area (Å²) in [5.41, 5.74) is 3.39. The van der Waals surface area contributed by atoms with Crippen LogP contribution < -0.4 is 15.0 Å². The van der Waals surface area contributed by atoms with Crippen molar-refractivity contribution in [2.75, 3.05) is 25.2 Å². The van der Waals surface area contributed by atoms with Crippen LogP contribution in [0.5, 0.6) is 5.75 Å². The number of methoxy groups -OCH3 is 1. The van der Waals surface area contributed by atoms with Crippen LogP contribution in [-0.4, -0.2) is 41.5 Å². The Morgan fingerprint density at radius 1 is 1.15 bits per heavy atom. The molecule has 4 aromatic rings. The molecule has 1 fully saturated rings. The summed E-state index contributed by atoms with van der Waals surface area (Å²) in [5, 5.41) is 13.7. The summed E-state index contributed by atoms with van der Waals surface area (Å²) < 4.78 is 17.2. The minimum atomic E-state index is -0.974. The summed E-state index contributed by atoms with van der Waals surface area (Å²) in [7, 11) is 1.61. The van der Waals surface area contributed by atoms with Crippen molar-refractivity contribution in [2.45, 2.75) is 19.0 Å². The van der Waals surface area contributed by atoms with Gasteiger partial charge in [0.15, 0.2) is 5.11 Å². The van der Waals surface area contributed by atoms with Crippen molar-refractivity contribution < 1.29 is 23.8 Å². The van der Waals surface area contributed by atoms with Crippen LogP contribution in [0.3, 0.4) is 0 Å². The largest absolute Gasteiger partial charge is 0.490 e. The highest BCUT2D eigenvalue weighted by Gasteiger charge is 2.42. The molecular formula is C29H26ClN3O5S. The van der Waals surface area contributed by atoms with Gasteiger partial charge in [0.05, 0.1) is 28.9 Å². The standard InChI is InChI=1S/C29H26ClN3O5S/c1-17-15-18(28(34)35)6-8-20(17)23-10-11-25(38-23)27-26(22-5-3-4-12-31-22)32-29(39)33(27)19-7-9-24(21(30)16-19)37-14-13-36-2/h3-12,15-16,26-27H,13-14H2,1-2H3,(H,32,39)(H,34,35)/t26-,27-/m1/s1. The number of ether oxygens (including phenoxy) is 2. The Hall–Kier alpha value is -3.92. The fourth-order valence-electron chi connectivity index (χ4n) is 4.64. The van der Waals surface area contributed by atoms with Crippen LogP contribution >= 0.6 is 23.8 Å². The van der Waals surface area contributed by atoms with Gasteiger partial charge in [-0.1, -0.05) is 23.7 Å². The Kier molecular flexibility index (Phi) is 7.83. The van der Waals surface area contributed by atoms with Crippen LogP contribution in [0.1, 0.15) is 39.5 Å². The Morgan fingerprint density at radius 2 is 2.00 bits per heavy atom. The summed E-state index contributed by atoms with van der Waals surface area (Å²) in [6.07, 6.45) is 1.74. The lowest BCUT2D eigenvalue weighted by atomic mass is 10.0. The number of aryl methyl sites for hydroxylation is 1. The van der Waals surface area contributed by atoms with Gasteiger partial charge in [0.25, 0.3) is 0 Å². The number of halogens is 1. The minimum Gasteiger partial charge on any atom is -0.490 e. The molecule has 2 aromatic carbocycles. The monoisotopic (exact) mass is 563 g/mol. The molecule has 0 spiro atoms. The quantitative estimate of drug-likeness (QED) is 0.182. The number of benzene rings is 2. The van der Waals surface area contributed by atoms with Crippen molar-refractivity contribution in [3.05, 3.63) is 101 Å². The maximum absolute atomic E-state index is 11.4. The number of nitrogens with one attached hydrogen (secondary N) is 1. The molecule has 5 rings (SSSR count). The van der Waals surface area contributed by atoms with Gasteiger partial charge in [-0.05, 0) is 79.3 Å². The number of furan rings is 1. The molecule has 0 unspecified atom stereocenters. The maximum atomic E-state index is 11.4. The van der Waals surface area contributed by atoms with Gasteiger partial charge in [-0.3, -0.25) is 4.98 Å². The molecular weight excluding hydrogens is 538 g/mol. The smallest absolute Gasteiger partial charge is 0.335 e. The topological polar surface area (TPSA) is 97.1 Å². The second-order valence-electron chi connectivity index (χ2n) is 8.99. The van der Waals surface area contributed by atoms with Gasteiger partial charge < -0.3 is 29.2 Å². The van der Waals surface area contributed by atoms with Crippen molar-refractivity contribution in [2.24, 2.45) is 0 Å². The fraction of sp³-hybridized carbons (Fsp3) is 0.207. The first-order valence-corrected chi connectivity index (χ1v) is 13.0. The van der Waals surface area contributed by atoms with Gasteiger partial charge in [0, 0.05) is 24.6 Å². The maximum Gasteiger partial charge on any atom is 0.335 e. The van der Waals surface area contributed by atoms with E-state index in [4.69, 9.17) is 37.7 Å². The molecule has 8 nitrogen and oxygen atoms in total. The summed E-state index contributed by atoms with van der Waals surface area (Å²) in [5.74, 6) is 0.857. The molecule has 10 heteroatoms. The molecule has 0 saturated carbocycles. The van der Waals surface area contributed by atoms with E-state index in [2.05, 4.69) is 10.3 Å². The van der Waals surface area contributed by atoms with Crippen molar-refractivity contribution in [1.29, 1.82) is 0 Å². The van der Waals surface area contributed by atoms with E-state index in [1.54, 1.807) is 31.5 Å². The van der Waals surface area contributed by atoms with E-state index in [9.17, 15) is 9.90 Å². The van der Waals surface area contributed by atoms with Gasteiger partial charge in [-0.25, -0.2) is 4.79 Å². The summed E-state index contributed by atoms with van der Waals surface area (Å²) in [6, 6.07) is 19.3. The second kappa shape index (κ2) is 11.4. The average Bonchev–Trinajstić information content (AvgIpc) is 3.54. The Balaban J connectivity index is 1.53. The molecule has 2 atom stereocenters. The van der Waals surface area contributed by atoms with Crippen LogP contribution in [-0.2, 0) is 4.74 Å². The molecule has 0 radical (unpaired) electrons. The van der Waals surface area contributed by atoms with E-state index in [0.29, 0.717) is 40.6 Å². The van der Waals surface area contributed by atoms with E-state index >= 15 is 0 Å². The zero-order valence-corrected chi connectivity index (χ0v) is 22.8. The van der Waals surface area contributed by atoms with Gasteiger partial charge in [-0.2, -0.15) is 0 Å². The minimum absolute atomic E-state index is 0.223. The van der Waals surface area contributed by atoms with E-state index in [0.717, 1.165) is 22.5 Å². The first-order valence-electron chi connectivity index (χ1n) is 12.2. The van der Waals surface area contributed by atoms with Crippen LogP contribution in [0.4, 0.5) is 5.69 Å². The zero-order chi connectivity index (χ0) is 27.5. The second-order valence-corrected chi connectivity index (χ2v) is 9.78. The van der Waals surface area contributed by atoms with E-state index in [1.165, 1.54) is 0 Å². The predicted molar refractivity (Wildman–Crippen MR) is 153 cm³/mol. The number of aromatic nitrogens is 1. The molecule has 0 bridgehead atoms. The number of nitrogens with zero attached hydrogens (tertiary/aromatic N) is 2. The van der Waals surface area contributed by atoms with Crippen LogP contribution in [0.2, 0.25) is 5.02 Å². The highest BCUT2D eigenvalue weighted by Crippen LogP contribution is 2.44. The molecule has 3 heterocycles. The van der Waals surface area contributed by atoms with Crippen molar-refractivity contribution in [1.82, 2.24) is 10.3 Å². The number of anilines is 1. The third-order valence-electron chi connectivity index (χ3n) is 6.49. The van der Waals surface area contributed by atoms with Gasteiger partial charge in [0.1, 0.15) is 29.9 Å². The number of hydrogen-bond acceptors (Lipinski definition) is 6. The van der Waals surface area contributed by atoms with E-state index in [-0.39, 0.29) is 17.6 Å². The van der Waals surface area contributed by atoms with Crippen molar-refractivity contribution in [3.8, 4) is 17.1 Å². The summed E-state index contributed by atoms with van der Waals surface area (Å²) in [4.78, 5) is 17.9. The lowest BCUT2D eigenvalue weighted by Gasteiger charge is -2.26. The number of carbonyl (C=O) groups is 1. The molecule has 200 valence electrons. The highest BCUT2D eigenvalue weighted by molar-refractivity contribution is 7.80. The van der Waals surface area contributed by atoms with Crippen molar-refractivity contribution in [3.63, 3.8) is 0 Å². The molecule has 2 aromatic heterocycles. The third kappa shape index (κ3) is 5.47. The first kappa shape index (κ1) is 26.7. The van der Waals surface area contributed by atoms with Crippen LogP contribution in [0.15, 0.2) is 77.3 Å². The number of carboxylic acid groups (broad SMARTS) is 1. The van der Waals surface area contributed by atoms with Crippen LogP contribution in [0.25, 0.3) is 11.3 Å². The normalized spacial score (nSPS) is 16.8. The van der Waals surface area contributed by atoms with Crippen LogP contribution in [0, 0.1) is 6.92 Å². The summed E-state index contributed by atoms with van der Waals surface area (Å²) >= 11 is 12.4. The van der Waals surface area contributed by atoms with Crippen molar-refractivity contribution >= 4 is 40.6 Å². The molecule has 2 N–H and O–H groups in total. The fourth-order valence-corrected chi connectivity index (χ4v) is 5.22. The average molecular weight is 564 g/mol. The molecule has 0 amide bonds. The number of rotatable bonds is 9. The molecule has 39 heavy (non-hydrogen) atoms. The number of carboxylic acids is 1. The number of aromatic carboxylic acids is 1. The first-order chi connectivity index (χ1) is 18.9. The predicted octanol–water partition coefficient (Wildman–Crippen LogP) is 6.20. The lowest BCUT2D eigenvalue weighted by molar-refractivity contribution is 0.0696. The molecule has 1 aliphatic rings. The SMILES string of the molecule is COCCOc1ccc(N2C(=S)N[C@H](c3ccccn3)[C@H]2c2ccc(-c3ccc(C(=O)O)cc3C)o2)cc1Cl. The Labute approximate surface area is 236 Å². The lowest BCUT2D eigenvalue weighted by Crippen LogP contribution is -2.29. The van der Waals surface area contributed by atoms with Gasteiger partial charge in [0.2, 0.25) is 0 Å². The number of thiocarbonyl (C=S) groups is 1. The third-order valence-corrected chi connectivity index (χ3v) is 7.10. The van der Waals surface area contributed by atoms with E-state index in [1.807, 2.05) is 60.4 Å². The molecule has 1 aliphatic heterocycles. The van der Waals surface area contributed by atoms with Gasteiger partial charge in [-0.15, -0.1) is 0 Å². The Bertz CT molecular complexity index is 1510. The Morgan fingerprint density at radius 3 is 2.69 bits per heavy atom. The van der Waals surface area contributed by atoms with Gasteiger partial charge >= 0.3 is 5.97 Å². The zero-order valence-electron chi connectivity index (χ0n) is 21.3. The number of pyridine rings is 1.